The molecule has 0 bridgehead atoms. The number of rotatable bonds is 7. The van der Waals surface area contributed by atoms with Crippen molar-refractivity contribution in [3.63, 3.8) is 0 Å². The fraction of sp³-hybridized carbons (Fsp3) is 0.909. The second-order valence-corrected chi connectivity index (χ2v) is 4.21. The molecule has 0 radical (unpaired) electrons. The molecule has 1 N–H and O–H groups in total. The third-order valence-electron chi connectivity index (χ3n) is 3.11. The van der Waals surface area contributed by atoms with E-state index in [0.29, 0.717) is 0 Å². The number of carbonyl (C=O) groups is 1. The number of aliphatic hydroxyl groups is 1. The van der Waals surface area contributed by atoms with E-state index in [4.69, 9.17) is 24.5 Å². The molecule has 5 atom stereocenters. The van der Waals surface area contributed by atoms with Gasteiger partial charge in [0.1, 0.15) is 18.8 Å². The predicted molar refractivity (Wildman–Crippen MR) is 68.2 cm³/mol. The number of esters is 1. The van der Waals surface area contributed by atoms with Gasteiger partial charge in [0, 0.05) is 19.1 Å². The van der Waals surface area contributed by atoms with Gasteiger partial charge in [0.15, 0.2) is 6.29 Å². The van der Waals surface area contributed by atoms with E-state index in [1.54, 1.807) is 0 Å². The van der Waals surface area contributed by atoms with E-state index >= 15 is 0 Å². The Bertz CT molecular complexity index is 388. The molecule has 10 heteroatoms. The Kier molecular flexibility index (Phi) is 7.37. The Morgan fingerprint density at radius 1 is 1.33 bits per heavy atom. The summed E-state index contributed by atoms with van der Waals surface area (Å²) in [4.78, 5) is 13.9. The van der Waals surface area contributed by atoms with Crippen LogP contribution < -0.4 is 0 Å². The Morgan fingerprint density at radius 2 is 2.05 bits per heavy atom. The van der Waals surface area contributed by atoms with Gasteiger partial charge >= 0.3 is 5.97 Å². The molecule has 0 aromatic heterocycles. The van der Waals surface area contributed by atoms with Crippen molar-refractivity contribution in [1.29, 1.82) is 0 Å². The van der Waals surface area contributed by atoms with Crippen LogP contribution in [0, 0.1) is 0 Å². The zero-order chi connectivity index (χ0) is 15.8. The number of nitrogens with zero attached hydrogens (tertiary/aromatic N) is 3. The average Bonchev–Trinajstić information content (AvgIpc) is 2.52. The minimum Gasteiger partial charge on any atom is -0.467 e. The lowest BCUT2D eigenvalue weighted by Gasteiger charge is -2.43. The molecular weight excluding hydrogens is 286 g/mol. The van der Waals surface area contributed by atoms with E-state index in [1.807, 2.05) is 0 Å². The summed E-state index contributed by atoms with van der Waals surface area (Å²) in [5.74, 6) is -0.603. The Balaban J connectivity index is 2.96. The topological polar surface area (TPSA) is 132 Å². The minimum absolute atomic E-state index is 0.368. The van der Waals surface area contributed by atoms with Crippen LogP contribution in [-0.2, 0) is 28.5 Å². The molecule has 1 fully saturated rings. The Labute approximate surface area is 121 Å². The van der Waals surface area contributed by atoms with Gasteiger partial charge in [-0.2, -0.15) is 0 Å². The van der Waals surface area contributed by atoms with Crippen molar-refractivity contribution in [2.24, 2.45) is 5.11 Å². The summed E-state index contributed by atoms with van der Waals surface area (Å²) in [7, 11) is 4.01. The van der Waals surface area contributed by atoms with Crippen molar-refractivity contribution < 1.29 is 33.6 Å². The maximum atomic E-state index is 11.2. The second kappa shape index (κ2) is 8.78. The molecule has 120 valence electrons. The molecule has 1 heterocycles. The van der Waals surface area contributed by atoms with Crippen molar-refractivity contribution in [3.05, 3.63) is 10.4 Å². The van der Waals surface area contributed by atoms with Crippen LogP contribution in [0.25, 0.3) is 10.4 Å². The number of azide groups is 1. The molecule has 0 aromatic rings. The molecule has 0 aromatic carbocycles. The fourth-order valence-electron chi connectivity index (χ4n) is 2.10. The zero-order valence-electron chi connectivity index (χ0n) is 12.0. The highest BCUT2D eigenvalue weighted by Gasteiger charge is 2.47. The Morgan fingerprint density at radius 3 is 2.52 bits per heavy atom. The van der Waals surface area contributed by atoms with E-state index in [0.717, 1.165) is 0 Å². The monoisotopic (exact) mass is 305 g/mol. The number of methoxy groups -OCH3 is 3. The van der Waals surface area contributed by atoms with Crippen LogP contribution in [0.3, 0.4) is 0 Å². The number of ether oxygens (including phenoxy) is 5. The van der Waals surface area contributed by atoms with Crippen molar-refractivity contribution in [1.82, 2.24) is 0 Å². The summed E-state index contributed by atoms with van der Waals surface area (Å²) in [6.07, 6.45) is -3.28. The Hall–Kier alpha value is -1.42. The van der Waals surface area contributed by atoms with Crippen LogP contribution >= 0.6 is 0 Å². The van der Waals surface area contributed by atoms with Crippen LogP contribution in [0.15, 0.2) is 5.11 Å². The van der Waals surface area contributed by atoms with E-state index in [9.17, 15) is 9.90 Å². The average molecular weight is 305 g/mol. The molecule has 21 heavy (non-hydrogen) atoms. The fourth-order valence-corrected chi connectivity index (χ4v) is 2.10. The van der Waals surface area contributed by atoms with E-state index in [-0.39, 0.29) is 6.61 Å². The van der Waals surface area contributed by atoms with Gasteiger partial charge in [0.2, 0.25) is 0 Å². The first kappa shape index (κ1) is 17.6. The lowest BCUT2D eigenvalue weighted by atomic mass is 9.96. The summed E-state index contributed by atoms with van der Waals surface area (Å²) >= 11 is 0. The SMILES string of the molecule is COC(=O)CO[C@H]1[C@H](N=[N+]=[N-])[C@@H](OC)C(OC)O[C@@H]1CO. The molecule has 10 nitrogen and oxygen atoms in total. The smallest absolute Gasteiger partial charge is 0.331 e. The molecule has 0 aliphatic carbocycles. The number of aliphatic hydroxyl groups excluding tert-OH is 1. The molecule has 0 saturated carbocycles. The van der Waals surface area contributed by atoms with E-state index in [2.05, 4.69) is 14.8 Å². The maximum absolute atomic E-state index is 11.2. The lowest BCUT2D eigenvalue weighted by molar-refractivity contribution is -0.279. The maximum Gasteiger partial charge on any atom is 0.331 e. The number of carbonyl (C=O) groups excluding carboxylic acids is 1. The van der Waals surface area contributed by atoms with Crippen molar-refractivity contribution >= 4 is 5.97 Å². The van der Waals surface area contributed by atoms with E-state index < -0.39 is 43.2 Å². The lowest BCUT2D eigenvalue weighted by Crippen LogP contribution is -2.59. The standard InChI is InChI=1S/C11H19N3O7/c1-17-7(16)5-20-9-6(4-15)21-11(19-3)10(18-2)8(9)13-14-12/h6,8-11,15H,4-5H2,1-3H3/t6-,8+,9-,10-,11?/m1/s1. The normalized spacial score (nSPS) is 32.3. The van der Waals surface area contributed by atoms with Crippen molar-refractivity contribution in [3.8, 4) is 0 Å². The first-order chi connectivity index (χ1) is 10.1. The predicted octanol–water partition coefficient (Wildman–Crippen LogP) is -0.398. The first-order valence-electron chi connectivity index (χ1n) is 6.17. The quantitative estimate of drug-likeness (QED) is 0.293. The van der Waals surface area contributed by atoms with Crippen LogP contribution in [0.2, 0.25) is 0 Å². The highest BCUT2D eigenvalue weighted by atomic mass is 16.7. The first-order valence-corrected chi connectivity index (χ1v) is 6.17. The van der Waals surface area contributed by atoms with E-state index in [1.165, 1.54) is 21.3 Å². The zero-order valence-corrected chi connectivity index (χ0v) is 12.0. The van der Waals surface area contributed by atoms with Gasteiger partial charge in [-0.25, -0.2) is 4.79 Å². The van der Waals surface area contributed by atoms with Crippen molar-refractivity contribution in [2.75, 3.05) is 34.5 Å². The summed E-state index contributed by atoms with van der Waals surface area (Å²) in [5.41, 5.74) is 8.70. The number of hydrogen-bond acceptors (Lipinski definition) is 8. The third kappa shape index (κ3) is 4.27. The van der Waals surface area contributed by atoms with Gasteiger partial charge in [-0.05, 0) is 5.53 Å². The number of hydrogen-bond donors (Lipinski definition) is 1. The minimum atomic E-state index is -0.874. The molecule has 1 aliphatic rings. The molecule has 1 aliphatic heterocycles. The van der Waals surface area contributed by atoms with Crippen LogP contribution in [-0.4, -0.2) is 76.3 Å². The van der Waals surface area contributed by atoms with Gasteiger partial charge in [0.25, 0.3) is 0 Å². The highest BCUT2D eigenvalue weighted by Crippen LogP contribution is 2.28. The molecule has 0 amide bonds. The van der Waals surface area contributed by atoms with Gasteiger partial charge in [-0.15, -0.1) is 0 Å². The largest absolute Gasteiger partial charge is 0.467 e. The molecule has 1 rings (SSSR count). The van der Waals surface area contributed by atoms with Gasteiger partial charge in [-0.1, -0.05) is 5.11 Å². The highest BCUT2D eigenvalue weighted by molar-refractivity contribution is 5.70. The second-order valence-electron chi connectivity index (χ2n) is 4.21. The summed E-state index contributed by atoms with van der Waals surface area (Å²) in [5, 5.41) is 13.0. The van der Waals surface area contributed by atoms with Gasteiger partial charge in [-0.3, -0.25) is 0 Å². The van der Waals surface area contributed by atoms with Crippen LogP contribution in [0.1, 0.15) is 0 Å². The molecular formula is C11H19N3O7. The van der Waals surface area contributed by atoms with Crippen LogP contribution in [0.5, 0.6) is 0 Å². The molecule has 0 spiro atoms. The molecule has 1 unspecified atom stereocenters. The molecule has 1 saturated heterocycles. The summed E-state index contributed by atoms with van der Waals surface area (Å²) in [6.45, 7) is -0.772. The van der Waals surface area contributed by atoms with Crippen molar-refractivity contribution in [2.45, 2.75) is 30.6 Å². The van der Waals surface area contributed by atoms with Gasteiger partial charge < -0.3 is 28.8 Å². The third-order valence-corrected chi connectivity index (χ3v) is 3.11. The van der Waals surface area contributed by atoms with Crippen LogP contribution in [0.4, 0.5) is 0 Å². The summed E-state index contributed by atoms with van der Waals surface area (Å²) < 4.78 is 25.7. The van der Waals surface area contributed by atoms with Gasteiger partial charge in [0.05, 0.1) is 25.9 Å². The summed E-state index contributed by atoms with van der Waals surface area (Å²) in [6, 6.07) is -0.833.